The van der Waals surface area contributed by atoms with E-state index < -0.39 is 6.55 Å². The van der Waals surface area contributed by atoms with E-state index in [1.807, 2.05) is 31.3 Å². The number of fused-ring (bicyclic) bond motifs is 1. The van der Waals surface area contributed by atoms with Crippen molar-refractivity contribution < 1.29 is 13.6 Å². The van der Waals surface area contributed by atoms with Crippen LogP contribution in [0.5, 0.6) is 0 Å². The van der Waals surface area contributed by atoms with Gasteiger partial charge in [-0.2, -0.15) is 13.9 Å². The van der Waals surface area contributed by atoms with E-state index in [9.17, 15) is 13.6 Å². The Bertz CT molecular complexity index is 787. The van der Waals surface area contributed by atoms with Crippen LogP contribution in [-0.2, 0) is 17.8 Å². The first-order valence-electron chi connectivity index (χ1n) is 8.28. The van der Waals surface area contributed by atoms with Crippen molar-refractivity contribution in [2.75, 3.05) is 25.0 Å². The molecular formula is C18H22F2N4O. The molecule has 1 amide bonds. The minimum absolute atomic E-state index is 0.0719. The number of hydrogen-bond donors (Lipinski definition) is 0. The monoisotopic (exact) mass is 348 g/mol. The van der Waals surface area contributed by atoms with Gasteiger partial charge in [-0.15, -0.1) is 0 Å². The molecule has 0 N–H and O–H groups in total. The lowest BCUT2D eigenvalue weighted by Crippen LogP contribution is -2.36. The van der Waals surface area contributed by atoms with Crippen LogP contribution in [0.3, 0.4) is 0 Å². The van der Waals surface area contributed by atoms with Gasteiger partial charge in [-0.1, -0.05) is 18.2 Å². The molecule has 0 unspecified atom stereocenters. The van der Waals surface area contributed by atoms with E-state index in [4.69, 9.17) is 0 Å². The molecule has 1 aliphatic rings. The zero-order chi connectivity index (χ0) is 18.1. The third kappa shape index (κ3) is 3.42. The Labute approximate surface area is 145 Å². The van der Waals surface area contributed by atoms with Crippen molar-refractivity contribution in [2.45, 2.75) is 33.4 Å². The summed E-state index contributed by atoms with van der Waals surface area (Å²) in [5.41, 5.74) is 3.40. The van der Waals surface area contributed by atoms with Crippen molar-refractivity contribution in [3.8, 4) is 0 Å². The molecule has 1 aliphatic heterocycles. The van der Waals surface area contributed by atoms with Gasteiger partial charge in [0.1, 0.15) is 0 Å². The number of rotatable bonds is 3. The third-order valence-electron chi connectivity index (χ3n) is 4.72. The third-order valence-corrected chi connectivity index (χ3v) is 4.72. The number of hydrogen-bond acceptors (Lipinski definition) is 3. The van der Waals surface area contributed by atoms with E-state index in [2.05, 4.69) is 10.00 Å². The van der Waals surface area contributed by atoms with Gasteiger partial charge in [0.05, 0.1) is 12.1 Å². The number of halogens is 2. The van der Waals surface area contributed by atoms with Crippen LogP contribution in [0.25, 0.3) is 0 Å². The minimum Gasteiger partial charge on any atom is -0.311 e. The molecule has 0 fully saturated rings. The zero-order valence-electron chi connectivity index (χ0n) is 14.7. The SMILES string of the molecule is Cc1nn(C(F)F)c(C)c1CC(=O)N1CCN(C)Cc2ccccc21. The van der Waals surface area contributed by atoms with E-state index in [0.29, 0.717) is 28.2 Å². The molecule has 0 radical (unpaired) electrons. The molecule has 0 bridgehead atoms. The van der Waals surface area contributed by atoms with Gasteiger partial charge in [-0.25, -0.2) is 4.68 Å². The van der Waals surface area contributed by atoms with E-state index >= 15 is 0 Å². The number of likely N-dealkylation sites (N-methyl/N-ethyl adjacent to an activating group) is 1. The highest BCUT2D eigenvalue weighted by Crippen LogP contribution is 2.26. The number of para-hydroxylation sites is 1. The molecule has 134 valence electrons. The number of benzene rings is 1. The normalized spacial score (nSPS) is 15.4. The quantitative estimate of drug-likeness (QED) is 0.856. The van der Waals surface area contributed by atoms with Gasteiger partial charge in [-0.05, 0) is 32.5 Å². The Morgan fingerprint density at radius 2 is 1.96 bits per heavy atom. The van der Waals surface area contributed by atoms with Gasteiger partial charge in [0.2, 0.25) is 5.91 Å². The van der Waals surface area contributed by atoms with Crippen molar-refractivity contribution >= 4 is 11.6 Å². The molecule has 3 rings (SSSR count). The summed E-state index contributed by atoms with van der Waals surface area (Å²) in [6, 6.07) is 7.83. The Morgan fingerprint density at radius 3 is 2.64 bits per heavy atom. The number of amides is 1. The highest BCUT2D eigenvalue weighted by molar-refractivity contribution is 5.95. The summed E-state index contributed by atoms with van der Waals surface area (Å²) in [7, 11) is 2.02. The lowest BCUT2D eigenvalue weighted by atomic mass is 10.1. The Hall–Kier alpha value is -2.28. The zero-order valence-corrected chi connectivity index (χ0v) is 14.7. The van der Waals surface area contributed by atoms with Crippen LogP contribution >= 0.6 is 0 Å². The molecule has 0 atom stereocenters. The maximum absolute atomic E-state index is 13.0. The van der Waals surface area contributed by atoms with E-state index in [-0.39, 0.29) is 12.3 Å². The molecule has 1 aromatic carbocycles. The number of carbonyl (C=O) groups excluding carboxylic acids is 1. The standard InChI is InChI=1S/C18H22F2N4O/c1-12-15(13(2)24(21-12)18(19)20)10-17(25)23-9-8-22(3)11-14-6-4-5-7-16(14)23/h4-7,18H,8-11H2,1-3H3. The van der Waals surface area contributed by atoms with Crippen LogP contribution in [0.1, 0.15) is 29.1 Å². The molecule has 0 saturated heterocycles. The molecule has 0 aliphatic carbocycles. The van der Waals surface area contributed by atoms with Crippen molar-refractivity contribution in [2.24, 2.45) is 0 Å². The number of carbonyl (C=O) groups is 1. The fraction of sp³-hybridized carbons (Fsp3) is 0.444. The van der Waals surface area contributed by atoms with Crippen molar-refractivity contribution in [1.29, 1.82) is 0 Å². The molecule has 25 heavy (non-hydrogen) atoms. The van der Waals surface area contributed by atoms with E-state index in [1.54, 1.807) is 18.7 Å². The van der Waals surface area contributed by atoms with Crippen molar-refractivity contribution in [3.05, 3.63) is 46.8 Å². The van der Waals surface area contributed by atoms with Gasteiger partial charge < -0.3 is 9.80 Å². The van der Waals surface area contributed by atoms with Crippen LogP contribution in [0, 0.1) is 13.8 Å². The van der Waals surface area contributed by atoms with Gasteiger partial charge in [-0.3, -0.25) is 4.79 Å². The lowest BCUT2D eigenvalue weighted by Gasteiger charge is -2.23. The van der Waals surface area contributed by atoms with E-state index in [0.717, 1.165) is 24.3 Å². The molecule has 7 heteroatoms. The van der Waals surface area contributed by atoms with Crippen LogP contribution < -0.4 is 4.90 Å². The summed E-state index contributed by atoms with van der Waals surface area (Å²) in [6.45, 7) is 2.66. The van der Waals surface area contributed by atoms with Crippen LogP contribution in [-0.4, -0.2) is 40.7 Å². The Balaban J connectivity index is 1.89. The molecule has 2 aromatic rings. The Kier molecular flexibility index (Phi) is 4.85. The maximum Gasteiger partial charge on any atom is 0.333 e. The number of alkyl halides is 2. The summed E-state index contributed by atoms with van der Waals surface area (Å²) in [4.78, 5) is 16.9. The maximum atomic E-state index is 13.0. The molecule has 0 saturated carbocycles. The number of aryl methyl sites for hydroxylation is 1. The second-order valence-corrected chi connectivity index (χ2v) is 6.46. The van der Waals surface area contributed by atoms with Crippen LogP contribution in [0.2, 0.25) is 0 Å². The van der Waals surface area contributed by atoms with Crippen molar-refractivity contribution in [1.82, 2.24) is 14.7 Å². The van der Waals surface area contributed by atoms with Crippen LogP contribution in [0.4, 0.5) is 14.5 Å². The van der Waals surface area contributed by atoms with Gasteiger partial charge in [0.15, 0.2) is 0 Å². The molecular weight excluding hydrogens is 326 g/mol. The predicted molar refractivity (Wildman–Crippen MR) is 91.8 cm³/mol. The fourth-order valence-corrected chi connectivity index (χ4v) is 3.32. The van der Waals surface area contributed by atoms with Gasteiger partial charge in [0.25, 0.3) is 0 Å². The fourth-order valence-electron chi connectivity index (χ4n) is 3.32. The summed E-state index contributed by atoms with van der Waals surface area (Å²) >= 11 is 0. The first-order chi connectivity index (χ1) is 11.9. The van der Waals surface area contributed by atoms with Crippen LogP contribution in [0.15, 0.2) is 24.3 Å². The highest BCUT2D eigenvalue weighted by atomic mass is 19.3. The number of nitrogens with zero attached hydrogens (tertiary/aromatic N) is 4. The summed E-state index contributed by atoms with van der Waals surface area (Å²) in [5.74, 6) is -0.0947. The van der Waals surface area contributed by atoms with Crippen molar-refractivity contribution in [3.63, 3.8) is 0 Å². The lowest BCUT2D eigenvalue weighted by molar-refractivity contribution is -0.118. The van der Waals surface area contributed by atoms with Gasteiger partial charge >= 0.3 is 6.55 Å². The van der Waals surface area contributed by atoms with Gasteiger partial charge in [0, 0.05) is 36.6 Å². The summed E-state index contributed by atoms with van der Waals surface area (Å²) < 4.78 is 26.7. The molecule has 2 heterocycles. The summed E-state index contributed by atoms with van der Waals surface area (Å²) in [5, 5.41) is 3.87. The number of aromatic nitrogens is 2. The molecule has 1 aromatic heterocycles. The smallest absolute Gasteiger partial charge is 0.311 e. The first kappa shape index (κ1) is 17.5. The second-order valence-electron chi connectivity index (χ2n) is 6.46. The molecule has 0 spiro atoms. The average Bonchev–Trinajstić information content (AvgIpc) is 2.75. The first-order valence-corrected chi connectivity index (χ1v) is 8.28. The average molecular weight is 348 g/mol. The predicted octanol–water partition coefficient (Wildman–Crippen LogP) is 2.92. The topological polar surface area (TPSA) is 41.4 Å². The molecule has 5 nitrogen and oxygen atoms in total. The largest absolute Gasteiger partial charge is 0.333 e. The number of anilines is 1. The highest BCUT2D eigenvalue weighted by Gasteiger charge is 2.25. The minimum atomic E-state index is -2.70. The second kappa shape index (κ2) is 6.92. The summed E-state index contributed by atoms with van der Waals surface area (Å²) in [6.07, 6.45) is 0.0719. The Morgan fingerprint density at radius 1 is 1.24 bits per heavy atom. The van der Waals surface area contributed by atoms with E-state index in [1.165, 1.54) is 0 Å².